The summed E-state index contributed by atoms with van der Waals surface area (Å²) < 4.78 is 0. The van der Waals surface area contributed by atoms with Gasteiger partial charge in [-0.15, -0.1) is 0 Å². The number of rotatable bonds is 3. The molecule has 118 valence electrons. The Balaban J connectivity index is 1.49. The van der Waals surface area contributed by atoms with Gasteiger partial charge in [0.05, 0.1) is 6.54 Å². The van der Waals surface area contributed by atoms with Crippen LogP contribution in [-0.4, -0.2) is 54.3 Å². The first-order valence-corrected chi connectivity index (χ1v) is 8.37. The molecule has 1 saturated carbocycles. The smallest absolute Gasteiger partial charge is 0.231 e. The van der Waals surface area contributed by atoms with Gasteiger partial charge in [0.1, 0.15) is 0 Å². The summed E-state index contributed by atoms with van der Waals surface area (Å²) >= 11 is 0. The number of hydrogen-bond donors (Lipinski definition) is 1. The predicted molar refractivity (Wildman–Crippen MR) is 80.5 cm³/mol. The largest absolute Gasteiger partial charge is 0.369 e. The van der Waals surface area contributed by atoms with Crippen molar-refractivity contribution in [1.29, 1.82) is 0 Å². The van der Waals surface area contributed by atoms with Crippen molar-refractivity contribution in [3.05, 3.63) is 0 Å². The summed E-state index contributed by atoms with van der Waals surface area (Å²) in [5, 5.41) is 0. The van der Waals surface area contributed by atoms with Gasteiger partial charge in [0.25, 0.3) is 0 Å². The fraction of sp³-hybridized carbons (Fsp3) is 0.875. The summed E-state index contributed by atoms with van der Waals surface area (Å²) in [6.07, 6.45) is 8.26. The molecule has 0 bridgehead atoms. The molecule has 2 saturated heterocycles. The van der Waals surface area contributed by atoms with Crippen LogP contribution in [0.3, 0.4) is 0 Å². The van der Waals surface area contributed by atoms with E-state index in [-0.39, 0.29) is 11.8 Å². The summed E-state index contributed by atoms with van der Waals surface area (Å²) in [4.78, 5) is 27.8. The summed E-state index contributed by atoms with van der Waals surface area (Å²) in [5.74, 6) is 0.241. The maximum atomic E-state index is 12.7. The van der Waals surface area contributed by atoms with Crippen molar-refractivity contribution in [2.75, 3.05) is 32.7 Å². The van der Waals surface area contributed by atoms with Crippen LogP contribution >= 0.6 is 0 Å². The second kappa shape index (κ2) is 5.95. The number of hydrogen-bond acceptors (Lipinski definition) is 3. The van der Waals surface area contributed by atoms with Crippen LogP contribution in [0.4, 0.5) is 0 Å². The Kier molecular flexibility index (Phi) is 4.20. The van der Waals surface area contributed by atoms with E-state index in [2.05, 4.69) is 9.80 Å². The average molecular weight is 293 g/mol. The van der Waals surface area contributed by atoms with Crippen LogP contribution < -0.4 is 5.73 Å². The maximum Gasteiger partial charge on any atom is 0.231 e. The predicted octanol–water partition coefficient (Wildman–Crippen LogP) is 0.976. The van der Waals surface area contributed by atoms with Gasteiger partial charge in [-0.1, -0.05) is 12.8 Å². The Morgan fingerprint density at radius 2 is 1.71 bits per heavy atom. The van der Waals surface area contributed by atoms with E-state index in [0.717, 1.165) is 39.0 Å². The lowest BCUT2D eigenvalue weighted by atomic mass is 9.85. The molecule has 21 heavy (non-hydrogen) atoms. The molecule has 0 atom stereocenters. The van der Waals surface area contributed by atoms with Crippen LogP contribution in [0.25, 0.3) is 0 Å². The topological polar surface area (TPSA) is 66.6 Å². The van der Waals surface area contributed by atoms with Gasteiger partial charge in [0.15, 0.2) is 0 Å². The Bertz CT molecular complexity index is 410. The number of amides is 2. The molecule has 0 aromatic carbocycles. The third-order valence-corrected chi connectivity index (χ3v) is 5.73. The first kappa shape index (κ1) is 14.8. The quantitative estimate of drug-likeness (QED) is 0.843. The molecule has 5 nitrogen and oxygen atoms in total. The van der Waals surface area contributed by atoms with Crippen LogP contribution in [0.2, 0.25) is 0 Å². The highest BCUT2D eigenvalue weighted by atomic mass is 16.2. The lowest BCUT2D eigenvalue weighted by Gasteiger charge is -2.33. The summed E-state index contributed by atoms with van der Waals surface area (Å²) in [7, 11) is 0. The van der Waals surface area contributed by atoms with E-state index < -0.39 is 0 Å². The Hall–Kier alpha value is -1.10. The molecule has 2 heterocycles. The number of carbonyl (C=O) groups excluding carboxylic acids is 2. The fourth-order valence-electron chi connectivity index (χ4n) is 4.47. The molecule has 2 N–H and O–H groups in total. The van der Waals surface area contributed by atoms with E-state index >= 15 is 0 Å². The summed E-state index contributed by atoms with van der Waals surface area (Å²) in [5.41, 5.74) is 5.69. The van der Waals surface area contributed by atoms with Crippen molar-refractivity contribution in [3.63, 3.8) is 0 Å². The molecule has 0 aromatic heterocycles. The molecule has 2 aliphatic heterocycles. The van der Waals surface area contributed by atoms with Gasteiger partial charge in [-0.05, 0) is 50.6 Å². The zero-order valence-corrected chi connectivity index (χ0v) is 12.9. The van der Waals surface area contributed by atoms with Crippen molar-refractivity contribution in [3.8, 4) is 0 Å². The lowest BCUT2D eigenvalue weighted by Crippen LogP contribution is -2.44. The van der Waals surface area contributed by atoms with E-state index in [9.17, 15) is 9.59 Å². The molecule has 0 unspecified atom stereocenters. The van der Waals surface area contributed by atoms with Crippen molar-refractivity contribution in [2.45, 2.75) is 44.9 Å². The van der Waals surface area contributed by atoms with Gasteiger partial charge in [0, 0.05) is 19.0 Å². The Morgan fingerprint density at radius 1 is 1.05 bits per heavy atom. The van der Waals surface area contributed by atoms with E-state index in [1.165, 1.54) is 32.1 Å². The number of nitrogens with two attached hydrogens (primary N) is 1. The number of carbonyl (C=O) groups is 2. The van der Waals surface area contributed by atoms with Crippen LogP contribution in [0.1, 0.15) is 44.9 Å². The molecule has 3 rings (SSSR count). The number of nitrogens with zero attached hydrogens (tertiary/aromatic N) is 2. The number of piperidine rings is 1. The minimum atomic E-state index is -0.275. The van der Waals surface area contributed by atoms with Gasteiger partial charge in [-0.25, -0.2) is 0 Å². The molecule has 0 aromatic rings. The standard InChI is InChI=1S/C16H27N3O2/c17-14(20)11-18-8-3-13(4-9-18)15(21)19-10-7-16(12-19)5-1-2-6-16/h13H,1-12H2,(H2,17,20). The highest BCUT2D eigenvalue weighted by Crippen LogP contribution is 2.45. The van der Waals surface area contributed by atoms with E-state index in [1.807, 2.05) is 0 Å². The van der Waals surface area contributed by atoms with Crippen LogP contribution in [0.15, 0.2) is 0 Å². The number of primary amides is 1. The monoisotopic (exact) mass is 293 g/mol. The number of likely N-dealkylation sites (tertiary alicyclic amines) is 2. The highest BCUT2D eigenvalue weighted by Gasteiger charge is 2.43. The van der Waals surface area contributed by atoms with Gasteiger partial charge < -0.3 is 10.6 Å². The fourth-order valence-corrected chi connectivity index (χ4v) is 4.47. The summed E-state index contributed by atoms with van der Waals surface area (Å²) in [6, 6.07) is 0. The molecule has 3 aliphatic rings. The van der Waals surface area contributed by atoms with E-state index in [0.29, 0.717) is 17.9 Å². The molecule has 5 heteroatoms. The van der Waals surface area contributed by atoms with E-state index in [4.69, 9.17) is 5.73 Å². The normalized spacial score (nSPS) is 26.6. The molecule has 3 fully saturated rings. The second-order valence-electron chi connectivity index (χ2n) is 7.23. The average Bonchev–Trinajstić information content (AvgIpc) is 3.09. The SMILES string of the molecule is NC(=O)CN1CCC(C(=O)N2CCC3(CCCC3)C2)CC1. The molecule has 0 radical (unpaired) electrons. The van der Waals surface area contributed by atoms with Gasteiger partial charge in [0.2, 0.25) is 11.8 Å². The van der Waals surface area contributed by atoms with Crippen molar-refractivity contribution in [2.24, 2.45) is 17.1 Å². The van der Waals surface area contributed by atoms with Crippen molar-refractivity contribution < 1.29 is 9.59 Å². The lowest BCUT2D eigenvalue weighted by molar-refractivity contribution is -0.136. The second-order valence-corrected chi connectivity index (χ2v) is 7.23. The third-order valence-electron chi connectivity index (χ3n) is 5.73. The Morgan fingerprint density at radius 3 is 2.33 bits per heavy atom. The molecular weight excluding hydrogens is 266 g/mol. The van der Waals surface area contributed by atoms with Crippen molar-refractivity contribution >= 4 is 11.8 Å². The highest BCUT2D eigenvalue weighted by molar-refractivity contribution is 5.79. The first-order chi connectivity index (χ1) is 10.1. The van der Waals surface area contributed by atoms with Crippen LogP contribution in [0, 0.1) is 11.3 Å². The van der Waals surface area contributed by atoms with Crippen LogP contribution in [-0.2, 0) is 9.59 Å². The van der Waals surface area contributed by atoms with Crippen molar-refractivity contribution in [1.82, 2.24) is 9.80 Å². The van der Waals surface area contributed by atoms with Gasteiger partial charge in [-0.2, -0.15) is 0 Å². The summed E-state index contributed by atoms with van der Waals surface area (Å²) in [6.45, 7) is 3.91. The maximum absolute atomic E-state index is 12.7. The zero-order chi connectivity index (χ0) is 14.9. The molecule has 2 amide bonds. The van der Waals surface area contributed by atoms with Gasteiger partial charge in [-0.3, -0.25) is 14.5 Å². The zero-order valence-electron chi connectivity index (χ0n) is 12.9. The van der Waals surface area contributed by atoms with Gasteiger partial charge >= 0.3 is 0 Å². The first-order valence-electron chi connectivity index (χ1n) is 8.37. The minimum absolute atomic E-state index is 0.158. The molecule has 1 aliphatic carbocycles. The molecular formula is C16H27N3O2. The Labute approximate surface area is 126 Å². The molecule has 1 spiro atoms. The minimum Gasteiger partial charge on any atom is -0.369 e. The third kappa shape index (κ3) is 3.23. The van der Waals surface area contributed by atoms with E-state index in [1.54, 1.807) is 0 Å². The van der Waals surface area contributed by atoms with Crippen LogP contribution in [0.5, 0.6) is 0 Å².